The second-order valence-electron chi connectivity index (χ2n) is 9.85. The summed E-state index contributed by atoms with van der Waals surface area (Å²) in [5.74, 6) is -2.29. The molecule has 1 aromatic heterocycles. The lowest BCUT2D eigenvalue weighted by atomic mass is 9.93. The Bertz CT molecular complexity index is 1320. The third kappa shape index (κ3) is 6.78. The number of amides is 2. The van der Waals surface area contributed by atoms with Crippen LogP contribution in [0.4, 0.5) is 10.5 Å². The molecule has 1 fully saturated rings. The van der Waals surface area contributed by atoms with Crippen molar-refractivity contribution in [3.63, 3.8) is 0 Å². The van der Waals surface area contributed by atoms with Crippen LogP contribution >= 0.6 is 11.3 Å². The summed E-state index contributed by atoms with van der Waals surface area (Å²) < 4.78 is 5.36. The molecule has 2 amide bonds. The van der Waals surface area contributed by atoms with Crippen molar-refractivity contribution in [2.75, 3.05) is 25.1 Å². The van der Waals surface area contributed by atoms with Gasteiger partial charge in [-0.15, -0.1) is 11.3 Å². The first kappa shape index (κ1) is 28.2. The molecule has 2 aromatic carbocycles. The second kappa shape index (κ2) is 12.8. The SMILES string of the molecule is Cc1c(-c2cccc(N(C(=O)N(C)CCc3ccccc3)C3CCCCC3)c2)sc(C(=O)O)c1OCC(=O)O. The maximum absolute atomic E-state index is 13.9. The molecule has 1 aliphatic rings. The smallest absolute Gasteiger partial charge is 0.349 e. The zero-order valence-electron chi connectivity index (χ0n) is 22.3. The minimum atomic E-state index is -1.18. The first-order valence-corrected chi connectivity index (χ1v) is 14.0. The lowest BCUT2D eigenvalue weighted by molar-refractivity contribution is -0.139. The molecule has 8 nitrogen and oxygen atoms in total. The van der Waals surface area contributed by atoms with Crippen molar-refractivity contribution in [2.24, 2.45) is 0 Å². The van der Waals surface area contributed by atoms with Gasteiger partial charge in [0.2, 0.25) is 0 Å². The molecule has 2 N–H and O–H groups in total. The predicted molar refractivity (Wildman–Crippen MR) is 152 cm³/mol. The van der Waals surface area contributed by atoms with E-state index in [1.807, 2.05) is 54.4 Å². The van der Waals surface area contributed by atoms with Crippen LogP contribution in [-0.4, -0.2) is 59.3 Å². The van der Waals surface area contributed by atoms with Gasteiger partial charge in [0.1, 0.15) is 5.75 Å². The maximum Gasteiger partial charge on any atom is 0.349 e. The lowest BCUT2D eigenvalue weighted by Crippen LogP contribution is -2.48. The molecular weight excluding hydrogens is 516 g/mol. The minimum Gasteiger partial charge on any atom is -0.480 e. The van der Waals surface area contributed by atoms with Crippen molar-refractivity contribution in [3.05, 3.63) is 70.6 Å². The number of urea groups is 1. The van der Waals surface area contributed by atoms with Gasteiger partial charge in [0.15, 0.2) is 11.5 Å². The van der Waals surface area contributed by atoms with Crippen LogP contribution in [0.1, 0.15) is 52.9 Å². The van der Waals surface area contributed by atoms with Gasteiger partial charge in [-0.3, -0.25) is 4.90 Å². The average Bonchev–Trinajstić information content (AvgIpc) is 3.28. The third-order valence-electron chi connectivity index (χ3n) is 7.06. The summed E-state index contributed by atoms with van der Waals surface area (Å²) in [6.45, 7) is 1.68. The molecule has 0 atom stereocenters. The number of aromatic carboxylic acids is 1. The summed E-state index contributed by atoms with van der Waals surface area (Å²) >= 11 is 1.04. The van der Waals surface area contributed by atoms with Crippen LogP contribution in [0.5, 0.6) is 5.75 Å². The molecule has 3 aromatic rings. The molecule has 0 aliphatic heterocycles. The molecule has 0 radical (unpaired) electrons. The molecule has 0 bridgehead atoms. The molecule has 0 spiro atoms. The van der Waals surface area contributed by atoms with Crippen LogP contribution in [0.25, 0.3) is 10.4 Å². The van der Waals surface area contributed by atoms with E-state index in [0.29, 0.717) is 17.0 Å². The molecular formula is C30H34N2O6S. The van der Waals surface area contributed by atoms with Gasteiger partial charge in [-0.2, -0.15) is 0 Å². The van der Waals surface area contributed by atoms with Crippen molar-refractivity contribution < 1.29 is 29.3 Å². The Hall–Kier alpha value is -3.85. The Morgan fingerprint density at radius 2 is 1.72 bits per heavy atom. The number of carbonyl (C=O) groups is 3. The van der Waals surface area contributed by atoms with Crippen LogP contribution in [0, 0.1) is 6.92 Å². The van der Waals surface area contributed by atoms with Gasteiger partial charge in [-0.05, 0) is 49.4 Å². The molecule has 9 heteroatoms. The zero-order valence-corrected chi connectivity index (χ0v) is 23.1. The van der Waals surface area contributed by atoms with E-state index >= 15 is 0 Å². The minimum absolute atomic E-state index is 0.0463. The van der Waals surface area contributed by atoms with E-state index < -0.39 is 18.5 Å². The molecule has 0 unspecified atom stereocenters. The van der Waals surface area contributed by atoms with Crippen molar-refractivity contribution in [2.45, 2.75) is 51.5 Å². The molecule has 1 aliphatic carbocycles. The summed E-state index contributed by atoms with van der Waals surface area (Å²) in [5, 5.41) is 18.7. The topological polar surface area (TPSA) is 107 Å². The predicted octanol–water partition coefficient (Wildman–Crippen LogP) is 6.32. The van der Waals surface area contributed by atoms with Crippen molar-refractivity contribution in [1.29, 1.82) is 0 Å². The largest absolute Gasteiger partial charge is 0.480 e. The Morgan fingerprint density at radius 3 is 2.38 bits per heavy atom. The van der Waals surface area contributed by atoms with E-state index in [-0.39, 0.29) is 22.7 Å². The number of hydrogen-bond donors (Lipinski definition) is 2. The molecule has 206 valence electrons. The van der Waals surface area contributed by atoms with Gasteiger partial charge in [-0.1, -0.05) is 61.7 Å². The van der Waals surface area contributed by atoms with Gasteiger partial charge in [0.05, 0.1) is 0 Å². The monoisotopic (exact) mass is 550 g/mol. The van der Waals surface area contributed by atoms with Gasteiger partial charge in [0, 0.05) is 35.8 Å². The van der Waals surface area contributed by atoms with Crippen LogP contribution in [-0.2, 0) is 11.2 Å². The van der Waals surface area contributed by atoms with Crippen LogP contribution in [0.15, 0.2) is 54.6 Å². The number of rotatable bonds is 10. The standard InChI is InChI=1S/C30H34N2O6S/c1-20-26(38-19-25(33)34)28(29(35)36)39-27(20)22-12-9-15-24(18-22)32(23-13-7-4-8-14-23)30(37)31(2)17-16-21-10-5-3-6-11-21/h3,5-6,9-12,15,18,23H,4,7-8,13-14,16-17,19H2,1-2H3,(H,33,34)(H,35,36). The number of carboxylic acid groups (broad SMARTS) is 2. The van der Waals surface area contributed by atoms with Crippen molar-refractivity contribution in [1.82, 2.24) is 4.90 Å². The average molecular weight is 551 g/mol. The van der Waals surface area contributed by atoms with Gasteiger partial charge < -0.3 is 19.8 Å². The number of benzene rings is 2. The maximum atomic E-state index is 13.9. The summed E-state index contributed by atoms with van der Waals surface area (Å²) in [6.07, 6.45) is 5.91. The Kier molecular flexibility index (Phi) is 9.24. The summed E-state index contributed by atoms with van der Waals surface area (Å²) in [7, 11) is 1.83. The number of aliphatic carboxylic acids is 1. The number of nitrogens with zero attached hydrogens (tertiary/aromatic N) is 2. The van der Waals surface area contributed by atoms with E-state index in [1.165, 1.54) is 5.56 Å². The van der Waals surface area contributed by atoms with Crippen LogP contribution in [0.2, 0.25) is 0 Å². The number of hydrogen-bond acceptors (Lipinski definition) is 5. The number of carboxylic acids is 2. The summed E-state index contributed by atoms with van der Waals surface area (Å²) in [5.41, 5.74) is 3.25. The summed E-state index contributed by atoms with van der Waals surface area (Å²) in [4.78, 5) is 41.1. The highest BCUT2D eigenvalue weighted by molar-refractivity contribution is 7.18. The first-order valence-electron chi connectivity index (χ1n) is 13.2. The molecule has 0 saturated heterocycles. The Labute approximate surface area is 232 Å². The fourth-order valence-corrected chi connectivity index (χ4v) is 6.14. The molecule has 1 saturated carbocycles. The quantitative estimate of drug-likeness (QED) is 0.306. The summed E-state index contributed by atoms with van der Waals surface area (Å²) in [6, 6.07) is 17.7. The number of ether oxygens (including phenoxy) is 1. The Morgan fingerprint density at radius 1 is 1.00 bits per heavy atom. The highest BCUT2D eigenvalue weighted by Crippen LogP contribution is 2.42. The normalized spacial score (nSPS) is 13.6. The highest BCUT2D eigenvalue weighted by atomic mass is 32.1. The molecule has 4 rings (SSSR count). The second-order valence-corrected chi connectivity index (χ2v) is 10.9. The van der Waals surface area contributed by atoms with E-state index in [0.717, 1.165) is 61.1 Å². The van der Waals surface area contributed by atoms with E-state index in [2.05, 4.69) is 12.1 Å². The fourth-order valence-electron chi connectivity index (χ4n) is 5.06. The van der Waals surface area contributed by atoms with Gasteiger partial charge in [-0.25, -0.2) is 14.4 Å². The fraction of sp³-hybridized carbons (Fsp3) is 0.367. The van der Waals surface area contributed by atoms with Crippen molar-refractivity contribution >= 4 is 35.0 Å². The van der Waals surface area contributed by atoms with Gasteiger partial charge >= 0.3 is 18.0 Å². The van der Waals surface area contributed by atoms with E-state index in [1.54, 1.807) is 11.8 Å². The number of anilines is 1. The Balaban J connectivity index is 1.65. The van der Waals surface area contributed by atoms with Crippen LogP contribution in [0.3, 0.4) is 0 Å². The highest BCUT2D eigenvalue weighted by Gasteiger charge is 2.30. The van der Waals surface area contributed by atoms with E-state index in [4.69, 9.17) is 9.84 Å². The lowest BCUT2D eigenvalue weighted by Gasteiger charge is -2.37. The number of carbonyl (C=O) groups excluding carboxylic acids is 1. The van der Waals surface area contributed by atoms with E-state index in [9.17, 15) is 19.5 Å². The number of thiophene rings is 1. The third-order valence-corrected chi connectivity index (χ3v) is 8.37. The van der Waals surface area contributed by atoms with Gasteiger partial charge in [0.25, 0.3) is 0 Å². The first-order chi connectivity index (χ1) is 18.8. The van der Waals surface area contributed by atoms with Crippen molar-refractivity contribution in [3.8, 4) is 16.2 Å². The number of likely N-dealkylation sites (N-methyl/N-ethyl adjacent to an activating group) is 1. The molecule has 1 heterocycles. The zero-order chi connectivity index (χ0) is 27.9. The van der Waals surface area contributed by atoms with Crippen LogP contribution < -0.4 is 9.64 Å². The molecule has 39 heavy (non-hydrogen) atoms.